The Bertz CT molecular complexity index is 1080. The highest BCUT2D eigenvalue weighted by Crippen LogP contribution is 2.61. The molecule has 25 heavy (non-hydrogen) atoms. The lowest BCUT2D eigenvalue weighted by Gasteiger charge is -2.31. The number of hydrogen-bond acceptors (Lipinski definition) is 0. The molecule has 1 spiro atoms. The molecule has 3 aromatic rings. The Morgan fingerprint density at radius 3 is 2.04 bits per heavy atom. The minimum Gasteiger partial charge on any atom is -0.0987 e. The van der Waals surface area contributed by atoms with Crippen LogP contribution in [0.5, 0.6) is 0 Å². The van der Waals surface area contributed by atoms with Crippen LogP contribution in [0.2, 0.25) is 0 Å². The summed E-state index contributed by atoms with van der Waals surface area (Å²) in [5.74, 6) is 0. The van der Waals surface area contributed by atoms with Crippen molar-refractivity contribution in [3.8, 4) is 11.1 Å². The molecule has 0 aliphatic heterocycles. The lowest BCUT2D eigenvalue weighted by molar-refractivity contribution is 0.785. The molecule has 0 radical (unpaired) electrons. The van der Waals surface area contributed by atoms with Gasteiger partial charge in [0, 0.05) is 0 Å². The molecule has 1 atom stereocenters. The summed E-state index contributed by atoms with van der Waals surface area (Å²) in [6.07, 6.45) is 2.07. The van der Waals surface area contributed by atoms with Crippen LogP contribution in [0.4, 0.5) is 0 Å². The summed E-state index contributed by atoms with van der Waals surface area (Å²) < 4.78 is 0. The molecule has 120 valence electrons. The van der Waals surface area contributed by atoms with E-state index in [2.05, 4.69) is 93.2 Å². The lowest BCUT2D eigenvalue weighted by Crippen LogP contribution is -2.26. The molecule has 5 rings (SSSR count). The summed E-state index contributed by atoms with van der Waals surface area (Å²) in [6.45, 7) is 8.63. The number of hydrogen-bond donors (Lipinski definition) is 0. The third kappa shape index (κ3) is 1.57. The Balaban J connectivity index is 2.03. The van der Waals surface area contributed by atoms with Crippen molar-refractivity contribution in [3.63, 3.8) is 0 Å². The number of benzene rings is 3. The van der Waals surface area contributed by atoms with Gasteiger partial charge in [0.2, 0.25) is 0 Å². The van der Waals surface area contributed by atoms with Crippen molar-refractivity contribution in [1.82, 2.24) is 0 Å². The van der Waals surface area contributed by atoms with Crippen molar-refractivity contribution in [2.45, 2.75) is 19.3 Å². The van der Waals surface area contributed by atoms with E-state index < -0.39 is 0 Å². The molecule has 1 unspecified atom stereocenters. The molecule has 0 nitrogen and oxygen atoms in total. The molecular formula is C25H20. The van der Waals surface area contributed by atoms with Gasteiger partial charge in [0.25, 0.3) is 0 Å². The molecule has 0 amide bonds. The van der Waals surface area contributed by atoms with Crippen LogP contribution < -0.4 is 0 Å². The first-order valence-electron chi connectivity index (χ1n) is 8.84. The van der Waals surface area contributed by atoms with E-state index in [0.29, 0.717) is 0 Å². The Labute approximate surface area is 149 Å². The van der Waals surface area contributed by atoms with Gasteiger partial charge in [-0.15, -0.1) is 0 Å². The second-order valence-electron chi connectivity index (χ2n) is 7.13. The van der Waals surface area contributed by atoms with E-state index >= 15 is 0 Å². The van der Waals surface area contributed by atoms with Crippen LogP contribution in [0.3, 0.4) is 0 Å². The van der Waals surface area contributed by atoms with Crippen LogP contribution >= 0.6 is 0 Å². The van der Waals surface area contributed by atoms with Crippen LogP contribution in [-0.2, 0) is 5.41 Å². The molecule has 2 aliphatic carbocycles. The molecule has 0 heterocycles. The van der Waals surface area contributed by atoms with Crippen molar-refractivity contribution in [1.29, 1.82) is 0 Å². The van der Waals surface area contributed by atoms with Gasteiger partial charge in [0.15, 0.2) is 0 Å². The van der Waals surface area contributed by atoms with Gasteiger partial charge >= 0.3 is 0 Å². The second-order valence-corrected chi connectivity index (χ2v) is 7.13. The molecular weight excluding hydrogens is 300 g/mol. The topological polar surface area (TPSA) is 0 Å². The van der Waals surface area contributed by atoms with Crippen molar-refractivity contribution in [2.24, 2.45) is 0 Å². The maximum Gasteiger partial charge on any atom is 0.0722 e. The summed E-state index contributed by atoms with van der Waals surface area (Å²) in [7, 11) is 0. The first kappa shape index (κ1) is 14.5. The summed E-state index contributed by atoms with van der Waals surface area (Å²) >= 11 is 0. The van der Waals surface area contributed by atoms with Gasteiger partial charge in [-0.2, -0.15) is 0 Å². The normalized spacial score (nSPS) is 19.8. The van der Waals surface area contributed by atoms with Crippen molar-refractivity contribution >= 4 is 5.57 Å². The fourth-order valence-corrected chi connectivity index (χ4v) is 4.99. The maximum atomic E-state index is 4.21. The zero-order valence-electron chi connectivity index (χ0n) is 14.6. The smallest absolute Gasteiger partial charge is 0.0722 e. The molecule has 0 heteroatoms. The van der Waals surface area contributed by atoms with E-state index in [4.69, 9.17) is 0 Å². The molecule has 0 saturated heterocycles. The third-order valence-electron chi connectivity index (χ3n) is 5.95. The lowest BCUT2D eigenvalue weighted by atomic mass is 9.69. The monoisotopic (exact) mass is 320 g/mol. The highest BCUT2D eigenvalue weighted by molar-refractivity contribution is 5.95. The quantitative estimate of drug-likeness (QED) is 0.495. The van der Waals surface area contributed by atoms with Crippen molar-refractivity contribution in [2.75, 3.05) is 0 Å². The Hall–Kier alpha value is -2.86. The zero-order valence-corrected chi connectivity index (χ0v) is 14.6. The van der Waals surface area contributed by atoms with E-state index in [-0.39, 0.29) is 5.41 Å². The first-order valence-corrected chi connectivity index (χ1v) is 8.84. The van der Waals surface area contributed by atoms with Crippen molar-refractivity contribution in [3.05, 3.63) is 113 Å². The Morgan fingerprint density at radius 1 is 0.720 bits per heavy atom. The predicted octanol–water partition coefficient (Wildman–Crippen LogP) is 6.28. The van der Waals surface area contributed by atoms with E-state index in [1.165, 1.54) is 50.1 Å². The van der Waals surface area contributed by atoms with Crippen LogP contribution in [-0.4, -0.2) is 0 Å². The van der Waals surface area contributed by atoms with Crippen LogP contribution in [0.15, 0.2) is 85.0 Å². The molecule has 0 N–H and O–H groups in total. The fourth-order valence-electron chi connectivity index (χ4n) is 4.99. The molecule has 0 fully saturated rings. The van der Waals surface area contributed by atoms with E-state index in [0.717, 1.165) is 0 Å². The Kier molecular flexibility index (Phi) is 2.80. The number of fused-ring (bicyclic) bond motifs is 7. The molecule has 2 aliphatic rings. The zero-order chi connectivity index (χ0) is 17.2. The van der Waals surface area contributed by atoms with Gasteiger partial charge in [-0.1, -0.05) is 84.9 Å². The van der Waals surface area contributed by atoms with Crippen LogP contribution in [0, 0.1) is 6.92 Å². The highest BCUT2D eigenvalue weighted by atomic mass is 14.5. The minimum absolute atomic E-state index is 0.222. The van der Waals surface area contributed by atoms with Crippen molar-refractivity contribution < 1.29 is 0 Å². The first-order chi connectivity index (χ1) is 12.2. The SMILES string of the molecule is C=CC1=C(C)c2ccccc2C12c1ccccc1-c1ccc(C)cc12. The van der Waals surface area contributed by atoms with Crippen LogP contribution in [0.1, 0.15) is 34.7 Å². The average Bonchev–Trinajstić information content (AvgIpc) is 3.07. The van der Waals surface area contributed by atoms with E-state index in [1.807, 2.05) is 0 Å². The largest absolute Gasteiger partial charge is 0.0987 e. The van der Waals surface area contributed by atoms with Gasteiger partial charge in [-0.25, -0.2) is 0 Å². The number of aryl methyl sites for hydroxylation is 1. The number of allylic oxidation sites excluding steroid dienone is 3. The minimum atomic E-state index is -0.222. The van der Waals surface area contributed by atoms with Gasteiger partial charge in [0.1, 0.15) is 0 Å². The Morgan fingerprint density at radius 2 is 1.32 bits per heavy atom. The molecule has 0 saturated carbocycles. The third-order valence-corrected chi connectivity index (χ3v) is 5.95. The van der Waals surface area contributed by atoms with E-state index in [1.54, 1.807) is 0 Å². The molecule has 0 bridgehead atoms. The van der Waals surface area contributed by atoms with Crippen LogP contribution in [0.25, 0.3) is 16.7 Å². The summed E-state index contributed by atoms with van der Waals surface area (Å²) in [6, 6.07) is 24.6. The fraction of sp³-hybridized carbons (Fsp3) is 0.120. The summed E-state index contributed by atoms with van der Waals surface area (Å²) in [5, 5.41) is 0. The van der Waals surface area contributed by atoms with Gasteiger partial charge in [0.05, 0.1) is 5.41 Å². The summed E-state index contributed by atoms with van der Waals surface area (Å²) in [4.78, 5) is 0. The summed E-state index contributed by atoms with van der Waals surface area (Å²) in [5.41, 5.74) is 12.0. The predicted molar refractivity (Wildman–Crippen MR) is 106 cm³/mol. The maximum absolute atomic E-state index is 4.21. The average molecular weight is 320 g/mol. The second kappa shape index (κ2) is 4.83. The van der Waals surface area contributed by atoms with E-state index in [9.17, 15) is 0 Å². The molecule has 0 aromatic heterocycles. The number of rotatable bonds is 1. The highest BCUT2D eigenvalue weighted by Gasteiger charge is 2.51. The van der Waals surface area contributed by atoms with Gasteiger partial charge < -0.3 is 0 Å². The van der Waals surface area contributed by atoms with Gasteiger partial charge in [-0.05, 0) is 58.4 Å². The van der Waals surface area contributed by atoms with Gasteiger partial charge in [-0.3, -0.25) is 0 Å². The molecule has 3 aromatic carbocycles. The standard InChI is InChI=1S/C25H20/c1-4-21-17(3)18-9-5-7-11-22(18)25(21)23-12-8-6-10-19(23)20-14-13-16(2)15-24(20)25/h4-15H,1H2,2-3H3.